The van der Waals surface area contributed by atoms with E-state index < -0.39 is 61.8 Å². The van der Waals surface area contributed by atoms with E-state index in [9.17, 15) is 51.9 Å². The van der Waals surface area contributed by atoms with Gasteiger partial charge in [0.15, 0.2) is 0 Å². The third-order valence-electron chi connectivity index (χ3n) is 6.85. The molecule has 0 atom stereocenters. The van der Waals surface area contributed by atoms with Gasteiger partial charge in [0.05, 0.1) is 54.7 Å². The van der Waals surface area contributed by atoms with Crippen LogP contribution in [-0.4, -0.2) is 143 Å². The summed E-state index contributed by atoms with van der Waals surface area (Å²) < 4.78 is 140. The number of benzene rings is 2. The van der Waals surface area contributed by atoms with Crippen molar-refractivity contribution in [3.63, 3.8) is 0 Å². The van der Waals surface area contributed by atoms with Crippen LogP contribution in [0.4, 0.5) is 47.1 Å². The van der Waals surface area contributed by atoms with Crippen LogP contribution >= 0.6 is 0 Å². The van der Waals surface area contributed by atoms with E-state index in [0.717, 1.165) is 36.4 Å². The predicted molar refractivity (Wildman–Crippen MR) is 201 cm³/mol. The van der Waals surface area contributed by atoms with E-state index in [-0.39, 0.29) is 216 Å². The molecule has 0 bridgehead atoms. The van der Waals surface area contributed by atoms with Crippen molar-refractivity contribution in [2.75, 3.05) is 82.8 Å². The zero-order valence-corrected chi connectivity index (χ0v) is 44.7. The van der Waals surface area contributed by atoms with Gasteiger partial charge in [0, 0.05) is 37.6 Å². The monoisotopic (exact) mass is 980 g/mol. The van der Waals surface area contributed by atoms with Crippen molar-refractivity contribution < 1.29 is 180 Å². The van der Waals surface area contributed by atoms with Gasteiger partial charge >= 0.3 is 118 Å². The quantitative estimate of drug-likeness (QED) is 0.0206. The molecule has 62 heavy (non-hydrogen) atoms. The maximum absolute atomic E-state index is 12.3. The minimum atomic E-state index is -5.23. The number of hydrogen-bond donors (Lipinski definition) is 8. The summed E-state index contributed by atoms with van der Waals surface area (Å²) in [5.41, 5.74) is -0.591. The molecule has 0 amide bonds. The Hall–Kier alpha value is -1.44. The number of aromatic nitrogens is 6. The largest absolute Gasteiger partial charge is 1.00 e. The van der Waals surface area contributed by atoms with Crippen LogP contribution in [0, 0.1) is 0 Å². The molecule has 8 N–H and O–H groups in total. The van der Waals surface area contributed by atoms with Crippen molar-refractivity contribution in [3.05, 3.63) is 47.5 Å². The summed E-state index contributed by atoms with van der Waals surface area (Å²) in [5, 5.41) is 33.9. The van der Waals surface area contributed by atoms with Gasteiger partial charge in [-0.3, -0.25) is 0 Å². The van der Waals surface area contributed by atoms with E-state index in [0.29, 0.717) is 0 Å². The Kier molecular flexibility index (Phi) is 26.6. The molecule has 4 aromatic rings. The van der Waals surface area contributed by atoms with Gasteiger partial charge in [0.25, 0.3) is 0 Å². The Morgan fingerprint density at radius 3 is 1.03 bits per heavy atom. The Morgan fingerprint density at radius 1 is 0.468 bits per heavy atom. The molecule has 0 saturated carbocycles. The molecular weight excluding hydrogens is 949 g/mol. The van der Waals surface area contributed by atoms with Gasteiger partial charge in [-0.25, -0.2) is 33.7 Å². The fraction of sp³-hybridized carbons (Fsp3) is 0.286. The molecule has 2 heterocycles. The van der Waals surface area contributed by atoms with E-state index in [1.54, 1.807) is 0 Å². The fourth-order valence-corrected chi connectivity index (χ4v) is 6.56. The van der Waals surface area contributed by atoms with Gasteiger partial charge in [0.1, 0.15) is 20.2 Å². The Labute approximate surface area is 444 Å². The van der Waals surface area contributed by atoms with E-state index in [4.69, 9.17) is 10.2 Å². The SMILES string of the molecule is O=S(=O)([O-])CCNc1nc(NCCO)nc(Nc2ccc(C=Cc3ccc(Nc4nc(NCCO)nc(NCCS(=O)(=O)[O-])n4)cc3S(=O)(=O)[O-])c(S(=O)(=O)[O-])c2)n1.[Na+].[Na+].[Na+].[Na+]. The molecule has 0 aliphatic carbocycles. The topological polar surface area (TPSA) is 419 Å². The van der Waals surface area contributed by atoms with E-state index in [1.165, 1.54) is 12.1 Å². The molecule has 0 unspecified atom stereocenters. The van der Waals surface area contributed by atoms with Gasteiger partial charge in [-0.15, -0.1) is 0 Å². The van der Waals surface area contributed by atoms with Crippen molar-refractivity contribution in [3.8, 4) is 0 Å². The van der Waals surface area contributed by atoms with Crippen molar-refractivity contribution in [1.29, 1.82) is 0 Å². The number of anilines is 8. The third kappa shape index (κ3) is 21.2. The average molecular weight is 981 g/mol. The summed E-state index contributed by atoms with van der Waals surface area (Å²) in [5.74, 6) is -2.80. The van der Waals surface area contributed by atoms with Crippen LogP contribution in [-0.2, 0) is 40.5 Å². The summed E-state index contributed by atoms with van der Waals surface area (Å²) >= 11 is 0. The first-order valence-electron chi connectivity index (χ1n) is 16.1. The zero-order valence-electron chi connectivity index (χ0n) is 33.4. The Balaban J connectivity index is 0.00000930. The Morgan fingerprint density at radius 2 is 0.758 bits per heavy atom. The molecule has 0 aliphatic rings. The van der Waals surface area contributed by atoms with Crippen LogP contribution in [0.2, 0.25) is 0 Å². The van der Waals surface area contributed by atoms with E-state index in [2.05, 4.69) is 61.8 Å². The van der Waals surface area contributed by atoms with Crippen LogP contribution in [0.5, 0.6) is 0 Å². The van der Waals surface area contributed by atoms with E-state index >= 15 is 0 Å². The van der Waals surface area contributed by atoms with E-state index in [1.807, 2.05) is 0 Å². The zero-order chi connectivity index (χ0) is 42.7. The van der Waals surface area contributed by atoms with Gasteiger partial charge in [-0.1, -0.05) is 24.3 Å². The minimum absolute atomic E-state index is 0. The number of aliphatic hydroxyl groups excluding tert-OH is 2. The first kappa shape index (κ1) is 60.6. The van der Waals surface area contributed by atoms with Crippen molar-refractivity contribution in [1.82, 2.24) is 29.9 Å². The van der Waals surface area contributed by atoms with Crippen LogP contribution in [0.3, 0.4) is 0 Å². The molecule has 2 aromatic heterocycles. The first-order valence-corrected chi connectivity index (χ1v) is 22.1. The van der Waals surface area contributed by atoms with Crippen LogP contribution < -0.4 is 150 Å². The van der Waals surface area contributed by atoms with Crippen molar-refractivity contribution in [2.24, 2.45) is 0 Å². The summed E-state index contributed by atoms with van der Waals surface area (Å²) in [4.78, 5) is 22.5. The molecule has 0 aliphatic heterocycles. The normalized spacial score (nSPS) is 11.5. The predicted octanol–water partition coefficient (Wildman–Crippen LogP) is -13.7. The smallest absolute Gasteiger partial charge is 0.748 e. The summed E-state index contributed by atoms with van der Waals surface area (Å²) in [7, 11) is -19.6. The summed E-state index contributed by atoms with van der Waals surface area (Å²) in [6.07, 6.45) is 2.12. The number of rotatable bonds is 22. The summed E-state index contributed by atoms with van der Waals surface area (Å²) in [6.45, 7) is -1.46. The molecule has 0 radical (unpaired) electrons. The van der Waals surface area contributed by atoms with Crippen molar-refractivity contribution in [2.45, 2.75) is 9.79 Å². The van der Waals surface area contributed by atoms with Gasteiger partial charge in [0.2, 0.25) is 35.7 Å². The molecule has 0 spiro atoms. The first-order chi connectivity index (χ1) is 27.1. The molecule has 0 fully saturated rings. The number of aliphatic hydroxyl groups is 2. The molecule has 26 nitrogen and oxygen atoms in total. The number of nitrogens with zero attached hydrogens (tertiary/aromatic N) is 6. The molecule has 2 aromatic carbocycles. The molecule has 0 saturated heterocycles. The second kappa shape index (κ2) is 27.3. The minimum Gasteiger partial charge on any atom is -0.748 e. The standard InChI is InChI=1S/C28H36N12O14S4.4Na/c41-11-7-29-23-35-25(31-9-13-55(43,44)45)39-27(37-23)33-19-5-3-17(21(15-19)57(49,50)51)1-2-18-4-6-20(16-22(18)58(52,53)54)34-28-38-24(30-8-12-42)36-26(40-28)32-10-14-56(46,47)48;;;;/h1-6,15-16,41-42H,7-14H2,(H,43,44,45)(H,46,47,48)(H,49,50,51)(H,52,53,54)(H3,29,31,33,35,37,39)(H3,30,32,34,36,38,40);;;;/q;4*+1/p-4. The van der Waals surface area contributed by atoms with Crippen molar-refractivity contribution >= 4 is 99.7 Å². The number of nitrogens with one attached hydrogen (secondary N) is 6. The summed E-state index contributed by atoms with van der Waals surface area (Å²) in [6, 6.07) is 6.71. The maximum Gasteiger partial charge on any atom is 1.00 e. The molecule has 34 heteroatoms. The molecule has 4 rings (SSSR count). The Bertz CT molecular complexity index is 2430. The van der Waals surface area contributed by atoms with Gasteiger partial charge < -0.3 is 60.3 Å². The van der Waals surface area contributed by atoms with Crippen LogP contribution in [0.1, 0.15) is 11.1 Å². The average Bonchev–Trinajstić information content (AvgIpc) is 3.11. The fourth-order valence-electron chi connectivity index (χ4n) is 4.46. The second-order valence-electron chi connectivity index (χ2n) is 11.3. The van der Waals surface area contributed by atoms with Gasteiger partial charge in [-0.2, -0.15) is 29.9 Å². The number of hydrogen-bond acceptors (Lipinski definition) is 26. The van der Waals surface area contributed by atoms with Crippen LogP contribution in [0.25, 0.3) is 12.2 Å². The van der Waals surface area contributed by atoms with Gasteiger partial charge in [-0.05, 0) is 35.4 Å². The molecule has 316 valence electrons. The second-order valence-corrected chi connectivity index (χ2v) is 17.0. The molecular formula is C28H32N12Na4O14S4. The maximum atomic E-state index is 12.3. The third-order valence-corrected chi connectivity index (χ3v) is 10.0. The van der Waals surface area contributed by atoms with Crippen LogP contribution in [0.15, 0.2) is 46.2 Å².